The van der Waals surface area contributed by atoms with Crippen LogP contribution in [0.2, 0.25) is 0 Å². The number of nitriles is 1. The maximum atomic E-state index is 14.2. The molecule has 19 heteroatoms. The number of anilines is 2. The monoisotopic (exact) mass is 1040 g/mol. The maximum absolute atomic E-state index is 14.2. The fourth-order valence-electron chi connectivity index (χ4n) is 10.8. The van der Waals surface area contributed by atoms with Crippen molar-refractivity contribution in [3.8, 4) is 22.5 Å². The molecular weight excluding hydrogens is 971 g/mol. The second-order valence-electron chi connectivity index (χ2n) is 21.5. The van der Waals surface area contributed by atoms with Crippen LogP contribution in [0.3, 0.4) is 0 Å². The summed E-state index contributed by atoms with van der Waals surface area (Å²) >= 11 is 1.58. The van der Waals surface area contributed by atoms with Crippen LogP contribution < -0.4 is 30.5 Å². The highest BCUT2D eigenvalue weighted by Gasteiger charge is 2.45. The lowest BCUT2D eigenvalue weighted by atomic mass is 9.85. The summed E-state index contributed by atoms with van der Waals surface area (Å²) in [6.45, 7) is 14.2. The minimum atomic E-state index is -0.981. The van der Waals surface area contributed by atoms with Crippen LogP contribution in [-0.2, 0) is 36.8 Å². The number of benzene rings is 3. The Labute approximate surface area is 443 Å². The zero-order valence-corrected chi connectivity index (χ0v) is 44.8. The van der Waals surface area contributed by atoms with Gasteiger partial charge >= 0.3 is 6.01 Å². The Bertz CT molecular complexity index is 2850. The van der Waals surface area contributed by atoms with Crippen molar-refractivity contribution in [3.63, 3.8) is 0 Å². The molecule has 7 atom stereocenters. The number of carbonyl (C=O) groups is 3. The molecule has 3 fully saturated rings. The average Bonchev–Trinajstić information content (AvgIpc) is 4.13. The topological polar surface area (TPSA) is 211 Å². The Morgan fingerprint density at radius 3 is 2.55 bits per heavy atom. The van der Waals surface area contributed by atoms with Gasteiger partial charge in [0.25, 0.3) is 0 Å². The summed E-state index contributed by atoms with van der Waals surface area (Å²) < 4.78 is 18.5. The molecule has 0 unspecified atom stereocenters. The van der Waals surface area contributed by atoms with Crippen LogP contribution in [0.5, 0.6) is 6.01 Å². The van der Waals surface area contributed by atoms with Gasteiger partial charge in [-0.1, -0.05) is 81.4 Å². The number of nitrogens with zero attached hydrogens (tertiary/aromatic N) is 8. The lowest BCUT2D eigenvalue weighted by Crippen LogP contribution is -2.58. The molecule has 0 aliphatic carbocycles. The largest absolute Gasteiger partial charge is 0.462 e. The fraction of sp³-hybridized carbons (Fsp3) is 0.518. The van der Waals surface area contributed by atoms with Gasteiger partial charge in [0.05, 0.1) is 72.3 Å². The molecule has 4 aliphatic rings. The van der Waals surface area contributed by atoms with Gasteiger partial charge in [-0.05, 0) is 61.7 Å². The van der Waals surface area contributed by atoms with Crippen LogP contribution in [0, 0.1) is 23.7 Å². The number of hydrogen-bond donors (Lipinski definition) is 4. The predicted octanol–water partition coefficient (Wildman–Crippen LogP) is 5.17. The molecule has 6 heterocycles. The molecule has 0 saturated carbocycles. The molecule has 4 N–H and O–H groups in total. The summed E-state index contributed by atoms with van der Waals surface area (Å²) in [6, 6.07) is 23.4. The highest BCUT2D eigenvalue weighted by molar-refractivity contribution is 7.13. The number of amides is 3. The van der Waals surface area contributed by atoms with E-state index in [1.54, 1.807) is 11.3 Å². The standard InChI is InChI=1S/C56H71N11O7S/c1-35(37-14-16-39(17-15-37)50-36(2)59-34-75-50)60-53(70)48-27-42(68)29-67(48)54(71)51(56(3,4)5)62-49(69)33-72-24-25-73-43-26-41(64(6)30-43)32-74-55-61-46-31-65(47-13-9-11-38-10-7-8-12-44(38)47)22-19-45(46)52(63-55)66-23-21-58-40(28-66)18-20-57/h7-17,34-35,40-43,48,51,58,68H,18-19,21-33H2,1-6H3,(H,60,70)(H,62,69)/t35-,40-,41-,42+,43+,48-,51+/m0/s1. The van der Waals surface area contributed by atoms with Crippen molar-refractivity contribution in [1.29, 1.82) is 5.26 Å². The zero-order chi connectivity index (χ0) is 52.8. The number of piperazine rings is 1. The maximum Gasteiger partial charge on any atom is 0.318 e. The van der Waals surface area contributed by atoms with E-state index >= 15 is 0 Å². The second kappa shape index (κ2) is 23.7. The van der Waals surface area contributed by atoms with Gasteiger partial charge in [0.1, 0.15) is 31.1 Å². The number of aliphatic hydroxyl groups is 1. The number of β-amino-alcohol motifs (C(OH)–C–C–N with tert-alkyl or cyclic N) is 1. The molecule has 0 spiro atoms. The normalized spacial score (nSPS) is 21.9. The van der Waals surface area contributed by atoms with Crippen molar-refractivity contribution >= 4 is 51.3 Å². The lowest BCUT2D eigenvalue weighted by molar-refractivity contribution is -0.144. The first kappa shape index (κ1) is 53.6. The van der Waals surface area contributed by atoms with E-state index in [4.69, 9.17) is 24.2 Å². The number of thiazole rings is 1. The first-order valence-corrected chi connectivity index (χ1v) is 27.1. The molecule has 2 aromatic heterocycles. The van der Waals surface area contributed by atoms with Gasteiger partial charge in [-0.3, -0.25) is 19.3 Å². The molecule has 75 heavy (non-hydrogen) atoms. The van der Waals surface area contributed by atoms with E-state index < -0.39 is 35.4 Å². The number of nitrogens with one attached hydrogen (secondary N) is 3. The molecule has 3 amide bonds. The van der Waals surface area contributed by atoms with Crippen LogP contribution in [0.25, 0.3) is 21.2 Å². The van der Waals surface area contributed by atoms with E-state index in [0.717, 1.165) is 71.2 Å². The molecule has 9 rings (SSSR count). The van der Waals surface area contributed by atoms with Crippen molar-refractivity contribution in [2.75, 3.05) is 82.5 Å². The third-order valence-electron chi connectivity index (χ3n) is 15.0. The Morgan fingerprint density at radius 2 is 1.77 bits per heavy atom. The zero-order valence-electron chi connectivity index (χ0n) is 44.0. The molecule has 3 saturated heterocycles. The number of aryl methyl sites for hydroxylation is 1. The van der Waals surface area contributed by atoms with Crippen LogP contribution in [0.1, 0.15) is 75.5 Å². The smallest absolute Gasteiger partial charge is 0.318 e. The van der Waals surface area contributed by atoms with Gasteiger partial charge in [0.15, 0.2) is 0 Å². The van der Waals surface area contributed by atoms with Gasteiger partial charge in [0, 0.05) is 74.4 Å². The van der Waals surface area contributed by atoms with E-state index in [1.165, 1.54) is 21.4 Å². The summed E-state index contributed by atoms with van der Waals surface area (Å²) in [5, 5.41) is 32.0. The molecule has 18 nitrogen and oxygen atoms in total. The van der Waals surface area contributed by atoms with Gasteiger partial charge in [-0.25, -0.2) is 4.98 Å². The Balaban J connectivity index is 0.752. The van der Waals surface area contributed by atoms with Gasteiger partial charge < -0.3 is 50.0 Å². The second-order valence-corrected chi connectivity index (χ2v) is 22.3. The van der Waals surface area contributed by atoms with E-state index in [1.807, 2.05) is 71.4 Å². The summed E-state index contributed by atoms with van der Waals surface area (Å²) in [5.74, 6) is -0.396. The molecule has 0 bridgehead atoms. The number of carbonyl (C=O) groups excluding carboxylic acids is 3. The lowest BCUT2D eigenvalue weighted by Gasteiger charge is -2.37. The summed E-state index contributed by atoms with van der Waals surface area (Å²) in [4.78, 5) is 65.1. The minimum absolute atomic E-state index is 0.0230. The highest BCUT2D eigenvalue weighted by atomic mass is 32.1. The predicted molar refractivity (Wildman–Crippen MR) is 288 cm³/mol. The van der Waals surface area contributed by atoms with Crippen molar-refractivity contribution in [2.45, 2.75) is 109 Å². The number of aromatic nitrogens is 3. The molecule has 5 aromatic rings. The third-order valence-corrected chi connectivity index (χ3v) is 15.9. The summed E-state index contributed by atoms with van der Waals surface area (Å²) in [5.41, 5.74) is 7.28. The van der Waals surface area contributed by atoms with E-state index in [9.17, 15) is 24.8 Å². The molecule has 3 aromatic carbocycles. The highest BCUT2D eigenvalue weighted by Crippen LogP contribution is 2.35. The fourth-order valence-corrected chi connectivity index (χ4v) is 11.7. The van der Waals surface area contributed by atoms with Gasteiger partial charge in [-0.15, -0.1) is 11.3 Å². The Morgan fingerprint density at radius 1 is 0.973 bits per heavy atom. The molecular formula is C56H71N11O7S. The molecule has 4 aliphatic heterocycles. The number of hydrogen-bond acceptors (Lipinski definition) is 16. The third kappa shape index (κ3) is 12.7. The first-order valence-electron chi connectivity index (χ1n) is 26.2. The van der Waals surface area contributed by atoms with E-state index in [-0.39, 0.29) is 62.9 Å². The number of ether oxygens (including phenoxy) is 3. The van der Waals surface area contributed by atoms with Crippen LogP contribution >= 0.6 is 11.3 Å². The quantitative estimate of drug-likeness (QED) is 0.0835. The Hall–Kier alpha value is -6.27. The average molecular weight is 1040 g/mol. The number of fused-ring (bicyclic) bond motifs is 2. The summed E-state index contributed by atoms with van der Waals surface area (Å²) in [7, 11) is 2.05. The summed E-state index contributed by atoms with van der Waals surface area (Å²) in [6.07, 6.45) is 1.05. The van der Waals surface area contributed by atoms with Crippen LogP contribution in [0.4, 0.5) is 11.5 Å². The Kier molecular flexibility index (Phi) is 16.9. The molecule has 0 radical (unpaired) electrons. The van der Waals surface area contributed by atoms with Crippen LogP contribution in [0.15, 0.2) is 72.2 Å². The van der Waals surface area contributed by atoms with Gasteiger partial charge in [0.2, 0.25) is 17.7 Å². The van der Waals surface area contributed by atoms with Crippen molar-refractivity contribution in [2.24, 2.45) is 5.41 Å². The first-order chi connectivity index (χ1) is 36.1. The van der Waals surface area contributed by atoms with Crippen LogP contribution in [-0.4, -0.2) is 157 Å². The van der Waals surface area contributed by atoms with Crippen molar-refractivity contribution < 1.29 is 33.7 Å². The van der Waals surface area contributed by atoms with Gasteiger partial charge in [-0.2, -0.15) is 15.2 Å². The van der Waals surface area contributed by atoms with Crippen molar-refractivity contribution in [1.82, 2.24) is 40.7 Å². The van der Waals surface area contributed by atoms with E-state index in [2.05, 4.69) is 84.2 Å². The SMILES string of the molecule is Cc1ncsc1-c1ccc([C@H](C)NC(=O)[C@@H]2C[C@@H](O)CN2C(=O)[C@@H](NC(=O)COCCO[C@@H]2C[C@@H](COc3nc4c(c(N5CCN[C@@H](CC#N)C5)n3)CCN(c3cccc5ccccc35)C4)N(C)C2)C(C)(C)C)cc1. The number of rotatable bonds is 18. The molecule has 398 valence electrons. The number of aliphatic hydroxyl groups excluding tert-OH is 1. The number of likely N-dealkylation sites (N-methyl/N-ethyl adjacent to an activating group) is 1. The van der Waals surface area contributed by atoms with E-state index in [0.29, 0.717) is 38.7 Å². The van der Waals surface area contributed by atoms with Crippen molar-refractivity contribution in [3.05, 3.63) is 94.8 Å². The minimum Gasteiger partial charge on any atom is -0.462 e. The number of likely N-dealkylation sites (tertiary alicyclic amines) is 2.